The van der Waals surface area contributed by atoms with E-state index in [1.54, 1.807) is 6.92 Å². The molecule has 0 saturated carbocycles. The maximum absolute atomic E-state index is 12.1. The minimum Gasteiger partial charge on any atom is -0.397 e. The quantitative estimate of drug-likeness (QED) is 0.729. The fraction of sp³-hybridized carbons (Fsp3) is 0.923. The van der Waals surface area contributed by atoms with Crippen LogP contribution in [0.1, 0.15) is 19.8 Å². The van der Waals surface area contributed by atoms with Crippen LogP contribution in [0.2, 0.25) is 0 Å². The molecular weight excluding hydrogens is 232 g/mol. The van der Waals surface area contributed by atoms with Gasteiger partial charge in [0.05, 0.1) is 0 Å². The fourth-order valence-corrected chi connectivity index (χ4v) is 2.23. The molecule has 0 unspecified atom stereocenters. The lowest BCUT2D eigenvalue weighted by Crippen LogP contribution is -2.49. The third-order valence-corrected chi connectivity index (χ3v) is 3.39. The normalized spacial score (nSPS) is 22.3. The summed E-state index contributed by atoms with van der Waals surface area (Å²) in [6, 6.07) is 0. The predicted molar refractivity (Wildman–Crippen MR) is 70.4 cm³/mol. The van der Waals surface area contributed by atoms with Gasteiger partial charge in [0.15, 0.2) is 0 Å². The number of amides is 1. The second-order valence-electron chi connectivity index (χ2n) is 4.83. The number of aliphatic hydroxyl groups excluding tert-OH is 1. The summed E-state index contributed by atoms with van der Waals surface area (Å²) in [5.41, 5.74) is 0. The van der Waals surface area contributed by atoms with Crippen molar-refractivity contribution in [2.75, 3.05) is 53.0 Å². The van der Waals surface area contributed by atoms with E-state index < -0.39 is 0 Å². The zero-order valence-electron chi connectivity index (χ0n) is 11.6. The van der Waals surface area contributed by atoms with Gasteiger partial charge < -0.3 is 19.6 Å². The van der Waals surface area contributed by atoms with Crippen molar-refractivity contribution in [1.82, 2.24) is 9.80 Å². The van der Waals surface area contributed by atoms with Crippen LogP contribution in [-0.2, 0) is 9.53 Å². The average molecular weight is 258 g/mol. The molecule has 1 N–H and O–H groups in total. The molecular formula is C13H26N2O3. The Hall–Kier alpha value is -0.650. The molecule has 2 rings (SSSR count). The first-order valence-corrected chi connectivity index (χ1v) is 6.85. The van der Waals surface area contributed by atoms with Crippen LogP contribution >= 0.6 is 0 Å². The lowest BCUT2D eigenvalue weighted by Gasteiger charge is -2.35. The summed E-state index contributed by atoms with van der Waals surface area (Å²) < 4.78 is 5.28. The molecule has 0 aliphatic carbocycles. The van der Waals surface area contributed by atoms with Gasteiger partial charge in [0.25, 0.3) is 0 Å². The Kier molecular flexibility index (Phi) is 7.23. The number of rotatable bonds is 1. The topological polar surface area (TPSA) is 53.0 Å². The molecule has 2 saturated heterocycles. The smallest absolute Gasteiger partial charge is 0.225 e. The van der Waals surface area contributed by atoms with Crippen molar-refractivity contribution in [3.05, 3.63) is 0 Å². The second kappa shape index (κ2) is 8.45. The second-order valence-corrected chi connectivity index (χ2v) is 4.83. The van der Waals surface area contributed by atoms with Gasteiger partial charge in [-0.2, -0.15) is 0 Å². The molecule has 0 spiro atoms. The SMILES string of the molecule is CCO.CN1CCN(C(=O)C2CCOCC2)CC1. The molecule has 2 aliphatic rings. The summed E-state index contributed by atoms with van der Waals surface area (Å²) in [7, 11) is 2.11. The lowest BCUT2D eigenvalue weighted by atomic mass is 9.98. The molecule has 106 valence electrons. The van der Waals surface area contributed by atoms with Crippen LogP contribution in [0.25, 0.3) is 0 Å². The summed E-state index contributed by atoms with van der Waals surface area (Å²) in [6.45, 7) is 7.25. The molecule has 5 nitrogen and oxygen atoms in total. The van der Waals surface area contributed by atoms with Crippen LogP contribution in [0.3, 0.4) is 0 Å². The number of ether oxygens (including phenoxy) is 1. The minimum atomic E-state index is 0.224. The molecule has 2 heterocycles. The van der Waals surface area contributed by atoms with Gasteiger partial charge in [0.1, 0.15) is 0 Å². The van der Waals surface area contributed by atoms with E-state index in [2.05, 4.69) is 11.9 Å². The third-order valence-electron chi connectivity index (χ3n) is 3.39. The number of hydrogen-bond acceptors (Lipinski definition) is 4. The zero-order chi connectivity index (χ0) is 13.4. The lowest BCUT2D eigenvalue weighted by molar-refractivity contribution is -0.140. The summed E-state index contributed by atoms with van der Waals surface area (Å²) in [4.78, 5) is 16.4. The maximum Gasteiger partial charge on any atom is 0.225 e. The highest BCUT2D eigenvalue weighted by atomic mass is 16.5. The van der Waals surface area contributed by atoms with Gasteiger partial charge in [-0.25, -0.2) is 0 Å². The number of nitrogens with zero attached hydrogens (tertiary/aromatic N) is 2. The first-order valence-electron chi connectivity index (χ1n) is 6.85. The first-order chi connectivity index (χ1) is 8.69. The van der Waals surface area contributed by atoms with E-state index in [9.17, 15) is 4.79 Å². The molecule has 0 atom stereocenters. The van der Waals surface area contributed by atoms with E-state index in [4.69, 9.17) is 9.84 Å². The van der Waals surface area contributed by atoms with E-state index in [0.717, 1.165) is 52.2 Å². The molecule has 5 heteroatoms. The number of piperazine rings is 1. The molecule has 18 heavy (non-hydrogen) atoms. The Bertz CT molecular complexity index is 234. The summed E-state index contributed by atoms with van der Waals surface area (Å²) in [6.07, 6.45) is 1.82. The van der Waals surface area contributed by atoms with E-state index in [1.807, 2.05) is 4.90 Å². The number of carbonyl (C=O) groups is 1. The molecule has 0 bridgehead atoms. The van der Waals surface area contributed by atoms with Crippen molar-refractivity contribution >= 4 is 5.91 Å². The van der Waals surface area contributed by atoms with Crippen molar-refractivity contribution in [2.45, 2.75) is 19.8 Å². The van der Waals surface area contributed by atoms with Gasteiger partial charge in [-0.05, 0) is 26.8 Å². The van der Waals surface area contributed by atoms with Crippen molar-refractivity contribution in [1.29, 1.82) is 0 Å². The maximum atomic E-state index is 12.1. The summed E-state index contributed by atoms with van der Waals surface area (Å²) >= 11 is 0. The van der Waals surface area contributed by atoms with E-state index in [0.29, 0.717) is 5.91 Å². The fourth-order valence-electron chi connectivity index (χ4n) is 2.23. The van der Waals surface area contributed by atoms with E-state index in [-0.39, 0.29) is 12.5 Å². The minimum absolute atomic E-state index is 0.224. The highest BCUT2D eigenvalue weighted by Gasteiger charge is 2.27. The molecule has 0 radical (unpaired) electrons. The molecule has 0 aromatic rings. The highest BCUT2D eigenvalue weighted by Crippen LogP contribution is 2.18. The number of hydrogen-bond donors (Lipinski definition) is 1. The molecule has 0 aromatic heterocycles. The van der Waals surface area contributed by atoms with Crippen LogP contribution in [0.5, 0.6) is 0 Å². The third kappa shape index (κ3) is 4.92. The van der Waals surface area contributed by atoms with Gasteiger partial charge >= 0.3 is 0 Å². The Morgan fingerprint density at radius 1 is 1.22 bits per heavy atom. The van der Waals surface area contributed by atoms with Gasteiger partial charge in [0, 0.05) is 51.9 Å². The van der Waals surface area contributed by atoms with E-state index >= 15 is 0 Å². The molecule has 2 fully saturated rings. The Morgan fingerprint density at radius 2 is 1.72 bits per heavy atom. The predicted octanol–water partition coefficient (Wildman–Crippen LogP) is 0.186. The monoisotopic (exact) mass is 258 g/mol. The zero-order valence-corrected chi connectivity index (χ0v) is 11.6. The van der Waals surface area contributed by atoms with E-state index in [1.165, 1.54) is 0 Å². The van der Waals surface area contributed by atoms with Crippen molar-refractivity contribution in [2.24, 2.45) is 5.92 Å². The number of carbonyl (C=O) groups excluding carboxylic acids is 1. The van der Waals surface area contributed by atoms with Crippen LogP contribution in [0.15, 0.2) is 0 Å². The number of aliphatic hydroxyl groups is 1. The Labute approximate surface area is 110 Å². The Morgan fingerprint density at radius 3 is 2.22 bits per heavy atom. The average Bonchev–Trinajstić information content (AvgIpc) is 2.41. The standard InChI is InChI=1S/C11H20N2O2.C2H6O/c1-12-4-6-13(7-5-12)11(14)10-2-8-15-9-3-10;1-2-3/h10H,2-9H2,1H3;3H,2H2,1H3. The molecule has 0 aromatic carbocycles. The summed E-state index contributed by atoms with van der Waals surface area (Å²) in [5, 5.41) is 7.57. The highest BCUT2D eigenvalue weighted by molar-refractivity contribution is 5.79. The number of likely N-dealkylation sites (N-methyl/N-ethyl adjacent to an activating group) is 1. The molecule has 1 amide bonds. The Balaban J connectivity index is 0.000000492. The van der Waals surface area contributed by atoms with Crippen molar-refractivity contribution in [3.63, 3.8) is 0 Å². The van der Waals surface area contributed by atoms with Crippen LogP contribution in [0, 0.1) is 5.92 Å². The van der Waals surface area contributed by atoms with Crippen LogP contribution in [-0.4, -0.2) is 73.9 Å². The largest absolute Gasteiger partial charge is 0.397 e. The van der Waals surface area contributed by atoms with Crippen molar-refractivity contribution in [3.8, 4) is 0 Å². The van der Waals surface area contributed by atoms with Crippen LogP contribution in [0.4, 0.5) is 0 Å². The van der Waals surface area contributed by atoms with Gasteiger partial charge in [0.2, 0.25) is 5.91 Å². The van der Waals surface area contributed by atoms with Gasteiger partial charge in [-0.15, -0.1) is 0 Å². The summed E-state index contributed by atoms with van der Waals surface area (Å²) in [5.74, 6) is 0.577. The first kappa shape index (κ1) is 15.4. The van der Waals surface area contributed by atoms with Crippen LogP contribution < -0.4 is 0 Å². The van der Waals surface area contributed by atoms with Crippen molar-refractivity contribution < 1.29 is 14.6 Å². The van der Waals surface area contributed by atoms with Gasteiger partial charge in [-0.3, -0.25) is 4.79 Å². The molecule has 2 aliphatic heterocycles. The van der Waals surface area contributed by atoms with Gasteiger partial charge in [-0.1, -0.05) is 0 Å².